The third-order valence-electron chi connectivity index (χ3n) is 4.85. The second kappa shape index (κ2) is 9.09. The highest BCUT2D eigenvalue weighted by Gasteiger charge is 2.14. The van der Waals surface area contributed by atoms with Crippen LogP contribution in [0.15, 0.2) is 97.3 Å². The molecule has 3 aromatic carbocycles. The van der Waals surface area contributed by atoms with Gasteiger partial charge in [0.15, 0.2) is 0 Å². The Morgan fingerprint density at radius 2 is 1.52 bits per heavy atom. The Morgan fingerprint density at radius 3 is 2.19 bits per heavy atom. The molecule has 31 heavy (non-hydrogen) atoms. The summed E-state index contributed by atoms with van der Waals surface area (Å²) < 4.78 is 1.79. The van der Waals surface area contributed by atoms with E-state index in [4.69, 9.17) is 0 Å². The molecular formula is C25H22N4O2. The molecule has 4 rings (SSSR count). The molecule has 2 amide bonds. The van der Waals surface area contributed by atoms with Crippen molar-refractivity contribution in [2.24, 2.45) is 0 Å². The topological polar surface area (TPSA) is 67.2 Å². The molecular weight excluding hydrogens is 388 g/mol. The Kier molecular flexibility index (Phi) is 5.89. The lowest BCUT2D eigenvalue weighted by Gasteiger charge is -2.16. The quantitative estimate of drug-likeness (QED) is 0.512. The van der Waals surface area contributed by atoms with Gasteiger partial charge >= 0.3 is 0 Å². The smallest absolute Gasteiger partial charge is 0.255 e. The Balaban J connectivity index is 1.38. The summed E-state index contributed by atoms with van der Waals surface area (Å²) in [5.41, 5.74) is 3.67. The van der Waals surface area contributed by atoms with Gasteiger partial charge in [-0.25, -0.2) is 4.68 Å². The van der Waals surface area contributed by atoms with Gasteiger partial charge in [-0.05, 0) is 48.5 Å². The predicted molar refractivity (Wildman–Crippen MR) is 120 cm³/mol. The number of nitrogens with one attached hydrogen (secondary N) is 1. The number of carbonyl (C=O) groups excluding carboxylic acids is 2. The number of hydrogen-bond acceptors (Lipinski definition) is 3. The number of benzene rings is 3. The summed E-state index contributed by atoms with van der Waals surface area (Å²) in [5.74, 6) is -0.291. The largest absolute Gasteiger partial charge is 0.337 e. The first-order valence-corrected chi connectivity index (χ1v) is 9.91. The Morgan fingerprint density at radius 1 is 0.871 bits per heavy atom. The van der Waals surface area contributed by atoms with Crippen molar-refractivity contribution in [2.75, 3.05) is 12.4 Å². The Hall–Kier alpha value is -4.19. The number of carbonyl (C=O) groups is 2. The van der Waals surface area contributed by atoms with E-state index < -0.39 is 0 Å². The van der Waals surface area contributed by atoms with Gasteiger partial charge < -0.3 is 10.2 Å². The van der Waals surface area contributed by atoms with Gasteiger partial charge in [0.05, 0.1) is 11.9 Å². The van der Waals surface area contributed by atoms with Gasteiger partial charge in [0.2, 0.25) is 0 Å². The summed E-state index contributed by atoms with van der Waals surface area (Å²) in [7, 11) is 1.76. The molecule has 0 saturated heterocycles. The van der Waals surface area contributed by atoms with Gasteiger partial charge in [0.1, 0.15) is 0 Å². The maximum Gasteiger partial charge on any atom is 0.255 e. The fourth-order valence-corrected chi connectivity index (χ4v) is 3.22. The fraction of sp³-hybridized carbons (Fsp3) is 0.0800. The average molecular weight is 410 g/mol. The molecule has 154 valence electrons. The van der Waals surface area contributed by atoms with Crippen LogP contribution in [0.2, 0.25) is 0 Å². The number of rotatable bonds is 6. The van der Waals surface area contributed by atoms with Crippen molar-refractivity contribution in [3.8, 4) is 5.69 Å². The van der Waals surface area contributed by atoms with Crippen LogP contribution in [0.3, 0.4) is 0 Å². The van der Waals surface area contributed by atoms with E-state index in [1.165, 1.54) is 0 Å². The van der Waals surface area contributed by atoms with Crippen LogP contribution in [0, 0.1) is 0 Å². The van der Waals surface area contributed by atoms with Crippen molar-refractivity contribution in [3.63, 3.8) is 0 Å². The minimum absolute atomic E-state index is 0.103. The zero-order chi connectivity index (χ0) is 21.6. The van der Waals surface area contributed by atoms with E-state index in [-0.39, 0.29) is 11.8 Å². The monoisotopic (exact) mass is 410 g/mol. The molecule has 1 aromatic heterocycles. The van der Waals surface area contributed by atoms with Gasteiger partial charge in [-0.3, -0.25) is 9.59 Å². The molecule has 0 spiro atoms. The second-order valence-electron chi connectivity index (χ2n) is 7.19. The number of para-hydroxylation sites is 1. The van der Waals surface area contributed by atoms with Crippen LogP contribution >= 0.6 is 0 Å². The van der Waals surface area contributed by atoms with Crippen LogP contribution in [0.25, 0.3) is 5.69 Å². The Bertz CT molecular complexity index is 1170. The van der Waals surface area contributed by atoms with Gasteiger partial charge in [-0.2, -0.15) is 5.10 Å². The molecule has 0 bridgehead atoms. The number of hydrogen-bond donors (Lipinski definition) is 1. The minimum Gasteiger partial charge on any atom is -0.337 e. The number of anilines is 1. The number of nitrogens with zero attached hydrogens (tertiary/aromatic N) is 3. The summed E-state index contributed by atoms with van der Waals surface area (Å²) in [5, 5.41) is 7.21. The molecule has 0 aliphatic rings. The van der Waals surface area contributed by atoms with E-state index in [1.807, 2.05) is 54.7 Å². The maximum atomic E-state index is 12.8. The standard InChI is InChI=1S/C25H22N4O2/c1-28(17-19-16-26-29(18-19)23-10-6-3-7-11-23)25(31)21-12-14-22(15-13-21)27-24(30)20-8-4-2-5-9-20/h2-16,18H,17H2,1H3,(H,27,30). The van der Waals surface area contributed by atoms with E-state index in [0.29, 0.717) is 23.4 Å². The van der Waals surface area contributed by atoms with Crippen LogP contribution < -0.4 is 5.32 Å². The third kappa shape index (κ3) is 4.87. The highest BCUT2D eigenvalue weighted by Crippen LogP contribution is 2.15. The molecule has 0 unspecified atom stereocenters. The molecule has 0 saturated carbocycles. The van der Waals surface area contributed by atoms with Crippen molar-refractivity contribution in [1.29, 1.82) is 0 Å². The highest BCUT2D eigenvalue weighted by molar-refractivity contribution is 6.04. The average Bonchev–Trinajstić information content (AvgIpc) is 3.28. The van der Waals surface area contributed by atoms with Gasteiger partial charge in [0, 0.05) is 42.2 Å². The first kappa shape index (κ1) is 20.1. The van der Waals surface area contributed by atoms with Gasteiger partial charge in [-0.15, -0.1) is 0 Å². The fourth-order valence-electron chi connectivity index (χ4n) is 3.22. The zero-order valence-corrected chi connectivity index (χ0v) is 17.1. The minimum atomic E-state index is -0.188. The molecule has 0 fully saturated rings. The van der Waals surface area contributed by atoms with Crippen molar-refractivity contribution in [3.05, 3.63) is 114 Å². The summed E-state index contributed by atoms with van der Waals surface area (Å²) in [6.07, 6.45) is 3.68. The maximum absolute atomic E-state index is 12.8. The molecule has 6 heteroatoms. The summed E-state index contributed by atoms with van der Waals surface area (Å²) in [6.45, 7) is 0.443. The second-order valence-corrected chi connectivity index (χ2v) is 7.19. The van der Waals surface area contributed by atoms with Crippen LogP contribution in [0.1, 0.15) is 26.3 Å². The zero-order valence-electron chi connectivity index (χ0n) is 17.1. The molecule has 0 aliphatic heterocycles. The van der Waals surface area contributed by atoms with Crippen LogP contribution in [0.5, 0.6) is 0 Å². The summed E-state index contributed by atoms with van der Waals surface area (Å²) in [6, 6.07) is 25.7. The van der Waals surface area contributed by atoms with E-state index in [2.05, 4.69) is 10.4 Å². The lowest BCUT2D eigenvalue weighted by molar-refractivity contribution is 0.0785. The molecule has 4 aromatic rings. The van der Waals surface area contributed by atoms with Crippen molar-refractivity contribution in [2.45, 2.75) is 6.54 Å². The van der Waals surface area contributed by atoms with E-state index >= 15 is 0 Å². The van der Waals surface area contributed by atoms with Crippen LogP contribution in [0.4, 0.5) is 5.69 Å². The normalized spacial score (nSPS) is 10.5. The third-order valence-corrected chi connectivity index (χ3v) is 4.85. The first-order valence-electron chi connectivity index (χ1n) is 9.91. The number of aromatic nitrogens is 2. The van der Waals surface area contributed by atoms with Crippen molar-refractivity contribution in [1.82, 2.24) is 14.7 Å². The SMILES string of the molecule is CN(Cc1cnn(-c2ccccc2)c1)C(=O)c1ccc(NC(=O)c2ccccc2)cc1. The van der Waals surface area contributed by atoms with E-state index in [0.717, 1.165) is 11.3 Å². The number of amides is 2. The van der Waals surface area contributed by atoms with Crippen LogP contribution in [-0.4, -0.2) is 33.5 Å². The molecule has 0 aliphatic carbocycles. The van der Waals surface area contributed by atoms with Crippen molar-refractivity contribution >= 4 is 17.5 Å². The summed E-state index contributed by atoms with van der Waals surface area (Å²) in [4.78, 5) is 26.7. The van der Waals surface area contributed by atoms with Crippen LogP contribution in [-0.2, 0) is 6.54 Å². The predicted octanol–water partition coefficient (Wildman–Crippen LogP) is 4.40. The lowest BCUT2D eigenvalue weighted by atomic mass is 10.1. The lowest BCUT2D eigenvalue weighted by Crippen LogP contribution is -2.26. The molecule has 1 N–H and O–H groups in total. The van der Waals surface area contributed by atoms with Gasteiger partial charge in [-0.1, -0.05) is 36.4 Å². The van der Waals surface area contributed by atoms with E-state index in [9.17, 15) is 9.59 Å². The molecule has 0 atom stereocenters. The van der Waals surface area contributed by atoms with E-state index in [1.54, 1.807) is 59.2 Å². The highest BCUT2D eigenvalue weighted by atomic mass is 16.2. The molecule has 1 heterocycles. The molecule has 6 nitrogen and oxygen atoms in total. The van der Waals surface area contributed by atoms with Gasteiger partial charge in [0.25, 0.3) is 11.8 Å². The molecule has 0 radical (unpaired) electrons. The Labute approximate surface area is 180 Å². The first-order chi connectivity index (χ1) is 15.1. The summed E-state index contributed by atoms with van der Waals surface area (Å²) >= 11 is 0. The van der Waals surface area contributed by atoms with Crippen molar-refractivity contribution < 1.29 is 9.59 Å².